The van der Waals surface area contributed by atoms with E-state index in [2.05, 4.69) is 16.0 Å². The average molecular weight is 305 g/mol. The number of rotatable bonds is 7. The van der Waals surface area contributed by atoms with Crippen LogP contribution in [0.1, 0.15) is 29.8 Å². The highest BCUT2D eigenvalue weighted by Gasteiger charge is 2.10. The van der Waals surface area contributed by atoms with Crippen molar-refractivity contribution in [1.29, 1.82) is 0 Å². The van der Waals surface area contributed by atoms with Crippen LogP contribution in [0.25, 0.3) is 0 Å². The van der Waals surface area contributed by atoms with Crippen molar-refractivity contribution in [2.75, 3.05) is 19.6 Å². The number of benzene rings is 1. The number of aryl methyl sites for hydroxylation is 1. The summed E-state index contributed by atoms with van der Waals surface area (Å²) in [7, 11) is 0. The van der Waals surface area contributed by atoms with E-state index in [-0.39, 0.29) is 30.2 Å². The van der Waals surface area contributed by atoms with Crippen molar-refractivity contribution in [3.8, 4) is 0 Å². The summed E-state index contributed by atoms with van der Waals surface area (Å²) in [6.45, 7) is 6.05. The lowest BCUT2D eigenvalue weighted by atomic mass is 10.1. The van der Waals surface area contributed by atoms with E-state index in [1.165, 1.54) is 0 Å². The SMILES string of the molecule is Cc1ccccc1C(=O)NCC(=O)NCCNC(=O)C(C)C. The van der Waals surface area contributed by atoms with Gasteiger partial charge in [-0.3, -0.25) is 14.4 Å². The lowest BCUT2D eigenvalue weighted by Crippen LogP contribution is -2.41. The molecule has 0 bridgehead atoms. The number of amides is 3. The van der Waals surface area contributed by atoms with Gasteiger partial charge in [0.1, 0.15) is 0 Å². The molecule has 1 aromatic rings. The molecule has 0 saturated heterocycles. The Morgan fingerprint density at radius 2 is 1.64 bits per heavy atom. The molecule has 0 aliphatic heterocycles. The standard InChI is InChI=1S/C16H23N3O3/c1-11(2)15(21)18-9-8-17-14(20)10-19-16(22)13-7-5-4-6-12(13)3/h4-7,11H,8-10H2,1-3H3,(H,17,20)(H,18,21)(H,19,22). The second kappa shape index (κ2) is 8.81. The fourth-order valence-electron chi connectivity index (χ4n) is 1.74. The molecule has 6 heteroatoms. The topological polar surface area (TPSA) is 87.3 Å². The summed E-state index contributed by atoms with van der Waals surface area (Å²) in [5, 5.41) is 7.89. The first-order valence-electron chi connectivity index (χ1n) is 7.30. The predicted octanol–water partition coefficient (Wildman–Crippen LogP) is 0.613. The van der Waals surface area contributed by atoms with E-state index in [1.807, 2.05) is 19.1 Å². The van der Waals surface area contributed by atoms with Crippen LogP contribution in [-0.2, 0) is 9.59 Å². The fraction of sp³-hybridized carbons (Fsp3) is 0.438. The molecule has 1 rings (SSSR count). The third kappa shape index (κ3) is 5.95. The molecule has 120 valence electrons. The van der Waals surface area contributed by atoms with Gasteiger partial charge in [0.25, 0.3) is 5.91 Å². The Kier molecular flexibility index (Phi) is 7.08. The molecule has 22 heavy (non-hydrogen) atoms. The van der Waals surface area contributed by atoms with Gasteiger partial charge < -0.3 is 16.0 Å². The molecule has 3 amide bonds. The summed E-state index contributed by atoms with van der Waals surface area (Å²) < 4.78 is 0. The van der Waals surface area contributed by atoms with Gasteiger partial charge in [0.2, 0.25) is 11.8 Å². The minimum Gasteiger partial charge on any atom is -0.354 e. The molecule has 1 aromatic carbocycles. The quantitative estimate of drug-likeness (QED) is 0.645. The number of carbonyl (C=O) groups is 3. The molecule has 0 fully saturated rings. The number of carbonyl (C=O) groups excluding carboxylic acids is 3. The molecular formula is C16H23N3O3. The summed E-state index contributed by atoms with van der Waals surface area (Å²) in [6, 6.07) is 7.18. The van der Waals surface area contributed by atoms with Gasteiger partial charge in [0, 0.05) is 24.6 Å². The Hall–Kier alpha value is -2.37. The Balaban J connectivity index is 2.25. The van der Waals surface area contributed by atoms with E-state index in [4.69, 9.17) is 0 Å². The van der Waals surface area contributed by atoms with Crippen LogP contribution in [0.4, 0.5) is 0 Å². The molecule has 0 radical (unpaired) electrons. The van der Waals surface area contributed by atoms with Crippen molar-refractivity contribution in [3.05, 3.63) is 35.4 Å². The molecule has 3 N–H and O–H groups in total. The normalized spacial score (nSPS) is 10.2. The molecule has 0 aliphatic carbocycles. The van der Waals surface area contributed by atoms with E-state index in [9.17, 15) is 14.4 Å². The van der Waals surface area contributed by atoms with Gasteiger partial charge in [-0.05, 0) is 18.6 Å². The lowest BCUT2D eigenvalue weighted by Gasteiger charge is -2.10. The Labute approximate surface area is 130 Å². The molecule has 0 spiro atoms. The van der Waals surface area contributed by atoms with Crippen LogP contribution in [0, 0.1) is 12.8 Å². The Morgan fingerprint density at radius 3 is 2.27 bits per heavy atom. The minimum absolute atomic E-state index is 0.0536. The van der Waals surface area contributed by atoms with Crippen LogP contribution < -0.4 is 16.0 Å². The highest BCUT2D eigenvalue weighted by molar-refractivity contribution is 5.97. The van der Waals surface area contributed by atoms with Crippen molar-refractivity contribution in [2.45, 2.75) is 20.8 Å². The molecule has 0 unspecified atom stereocenters. The van der Waals surface area contributed by atoms with Gasteiger partial charge in [-0.1, -0.05) is 32.0 Å². The zero-order valence-corrected chi connectivity index (χ0v) is 13.2. The van der Waals surface area contributed by atoms with Gasteiger partial charge in [0.15, 0.2) is 0 Å². The summed E-state index contributed by atoms with van der Waals surface area (Å²) in [5.41, 5.74) is 1.41. The van der Waals surface area contributed by atoms with Gasteiger partial charge in [-0.2, -0.15) is 0 Å². The summed E-state index contributed by atoms with van der Waals surface area (Å²) in [4.78, 5) is 34.8. The van der Waals surface area contributed by atoms with E-state index in [0.717, 1.165) is 5.56 Å². The van der Waals surface area contributed by atoms with E-state index in [0.29, 0.717) is 18.7 Å². The Morgan fingerprint density at radius 1 is 1.00 bits per heavy atom. The summed E-state index contributed by atoms with van der Waals surface area (Å²) >= 11 is 0. The van der Waals surface area contributed by atoms with Crippen LogP contribution in [0.3, 0.4) is 0 Å². The van der Waals surface area contributed by atoms with Crippen molar-refractivity contribution in [1.82, 2.24) is 16.0 Å². The second-order valence-corrected chi connectivity index (χ2v) is 5.29. The Bertz CT molecular complexity index is 541. The second-order valence-electron chi connectivity index (χ2n) is 5.29. The monoisotopic (exact) mass is 305 g/mol. The van der Waals surface area contributed by atoms with Crippen LogP contribution >= 0.6 is 0 Å². The minimum atomic E-state index is -0.291. The highest BCUT2D eigenvalue weighted by atomic mass is 16.2. The van der Waals surface area contributed by atoms with Crippen LogP contribution in [-0.4, -0.2) is 37.4 Å². The maximum absolute atomic E-state index is 11.9. The summed E-state index contributed by atoms with van der Waals surface area (Å²) in [6.07, 6.45) is 0. The summed E-state index contributed by atoms with van der Waals surface area (Å²) in [5.74, 6) is -0.701. The molecule has 0 aliphatic rings. The van der Waals surface area contributed by atoms with E-state index in [1.54, 1.807) is 26.0 Å². The number of hydrogen-bond donors (Lipinski definition) is 3. The van der Waals surface area contributed by atoms with Gasteiger partial charge >= 0.3 is 0 Å². The van der Waals surface area contributed by atoms with E-state index < -0.39 is 0 Å². The number of nitrogens with one attached hydrogen (secondary N) is 3. The van der Waals surface area contributed by atoms with Crippen molar-refractivity contribution in [2.24, 2.45) is 5.92 Å². The molecule has 0 heterocycles. The van der Waals surface area contributed by atoms with Crippen molar-refractivity contribution < 1.29 is 14.4 Å². The largest absolute Gasteiger partial charge is 0.354 e. The van der Waals surface area contributed by atoms with Crippen LogP contribution in [0.5, 0.6) is 0 Å². The lowest BCUT2D eigenvalue weighted by molar-refractivity contribution is -0.124. The molecule has 0 aromatic heterocycles. The fourth-order valence-corrected chi connectivity index (χ4v) is 1.74. The van der Waals surface area contributed by atoms with E-state index >= 15 is 0 Å². The highest BCUT2D eigenvalue weighted by Crippen LogP contribution is 2.05. The van der Waals surface area contributed by atoms with Crippen LogP contribution in [0.2, 0.25) is 0 Å². The number of hydrogen-bond acceptors (Lipinski definition) is 3. The molecule has 6 nitrogen and oxygen atoms in total. The van der Waals surface area contributed by atoms with Gasteiger partial charge in [0.05, 0.1) is 6.54 Å². The predicted molar refractivity (Wildman–Crippen MR) is 84.4 cm³/mol. The third-order valence-corrected chi connectivity index (χ3v) is 3.07. The van der Waals surface area contributed by atoms with Crippen LogP contribution in [0.15, 0.2) is 24.3 Å². The first-order valence-corrected chi connectivity index (χ1v) is 7.30. The smallest absolute Gasteiger partial charge is 0.251 e. The average Bonchev–Trinajstić information content (AvgIpc) is 2.49. The van der Waals surface area contributed by atoms with Gasteiger partial charge in [-0.25, -0.2) is 0 Å². The zero-order valence-electron chi connectivity index (χ0n) is 13.2. The first-order chi connectivity index (χ1) is 10.4. The zero-order chi connectivity index (χ0) is 16.5. The van der Waals surface area contributed by atoms with Gasteiger partial charge in [-0.15, -0.1) is 0 Å². The molecule has 0 atom stereocenters. The third-order valence-electron chi connectivity index (χ3n) is 3.07. The first kappa shape index (κ1) is 17.7. The van der Waals surface area contributed by atoms with Crippen molar-refractivity contribution in [3.63, 3.8) is 0 Å². The maximum atomic E-state index is 11.9. The molecular weight excluding hydrogens is 282 g/mol. The maximum Gasteiger partial charge on any atom is 0.251 e. The van der Waals surface area contributed by atoms with Crippen molar-refractivity contribution >= 4 is 17.7 Å². The molecule has 0 saturated carbocycles.